The Hall–Kier alpha value is -2.05. The molecule has 0 aromatic carbocycles. The maximum absolute atomic E-state index is 12.4. The summed E-state index contributed by atoms with van der Waals surface area (Å²) in [6.45, 7) is 4.32. The van der Waals surface area contributed by atoms with Gasteiger partial charge in [-0.15, -0.1) is 5.10 Å². The van der Waals surface area contributed by atoms with Crippen molar-refractivity contribution >= 4 is 6.03 Å². The molecule has 0 N–H and O–H groups in total. The summed E-state index contributed by atoms with van der Waals surface area (Å²) in [6.07, 6.45) is 10.9. The second kappa shape index (κ2) is 8.41. The van der Waals surface area contributed by atoms with Crippen LogP contribution in [0.4, 0.5) is 4.79 Å². The van der Waals surface area contributed by atoms with E-state index in [-0.39, 0.29) is 6.03 Å². The van der Waals surface area contributed by atoms with E-state index >= 15 is 0 Å². The van der Waals surface area contributed by atoms with E-state index in [9.17, 15) is 4.79 Å². The van der Waals surface area contributed by atoms with Crippen molar-refractivity contribution in [2.45, 2.75) is 65.2 Å². The average Bonchev–Trinajstić information content (AvgIpc) is 3.17. The second-order valence-corrected chi connectivity index (χ2v) is 5.39. The lowest BCUT2D eigenvalue weighted by Crippen LogP contribution is -2.23. The van der Waals surface area contributed by atoms with E-state index in [2.05, 4.69) is 34.0 Å². The molecule has 2 rings (SSSR count). The zero-order valence-electron chi connectivity index (χ0n) is 13.4. The minimum atomic E-state index is -0.321. The number of nitrogens with zero attached hydrogens (tertiary/aromatic N) is 6. The topological polar surface area (TPSA) is 78.5 Å². The second-order valence-electron chi connectivity index (χ2n) is 5.39. The minimum absolute atomic E-state index is 0.321. The molecule has 120 valence electrons. The summed E-state index contributed by atoms with van der Waals surface area (Å²) in [5.74, 6) is 1.47. The van der Waals surface area contributed by atoms with Gasteiger partial charge in [0.05, 0.1) is 0 Å². The maximum Gasteiger partial charge on any atom is 0.372 e. The Morgan fingerprint density at radius 2 is 1.82 bits per heavy atom. The molecule has 7 heteroatoms. The third-order valence-electron chi connectivity index (χ3n) is 3.52. The van der Waals surface area contributed by atoms with Crippen LogP contribution < -0.4 is 0 Å². The molecule has 0 aliphatic carbocycles. The fourth-order valence-corrected chi connectivity index (χ4v) is 2.28. The predicted molar refractivity (Wildman–Crippen MR) is 82.7 cm³/mol. The van der Waals surface area contributed by atoms with E-state index in [1.54, 1.807) is 0 Å². The fraction of sp³-hybridized carbons (Fsp3) is 0.667. The van der Waals surface area contributed by atoms with Crippen LogP contribution in [0.2, 0.25) is 0 Å². The van der Waals surface area contributed by atoms with Crippen molar-refractivity contribution in [1.82, 2.24) is 29.5 Å². The number of carbonyl (C=O) groups is 1. The van der Waals surface area contributed by atoms with Crippen LogP contribution >= 0.6 is 0 Å². The third-order valence-corrected chi connectivity index (χ3v) is 3.52. The van der Waals surface area contributed by atoms with Crippen LogP contribution in [-0.4, -0.2) is 35.6 Å². The summed E-state index contributed by atoms with van der Waals surface area (Å²) in [7, 11) is 0. The van der Waals surface area contributed by atoms with Crippen LogP contribution in [-0.2, 0) is 12.8 Å². The molecule has 0 amide bonds. The molecule has 0 saturated heterocycles. The highest BCUT2D eigenvalue weighted by molar-refractivity contribution is 5.77. The first-order chi connectivity index (χ1) is 10.8. The summed E-state index contributed by atoms with van der Waals surface area (Å²) in [6, 6.07) is -0.321. The Labute approximate surface area is 130 Å². The molecule has 0 saturated carbocycles. The molecule has 0 aliphatic heterocycles. The first kappa shape index (κ1) is 16.3. The molecule has 2 aromatic heterocycles. The lowest BCUT2D eigenvalue weighted by Gasteiger charge is -2.03. The lowest BCUT2D eigenvalue weighted by molar-refractivity contribution is 0.237. The van der Waals surface area contributed by atoms with Gasteiger partial charge in [0, 0.05) is 12.8 Å². The van der Waals surface area contributed by atoms with E-state index in [4.69, 9.17) is 0 Å². The molecule has 0 bridgehead atoms. The number of carbonyl (C=O) groups excluding carboxylic acids is 1. The lowest BCUT2D eigenvalue weighted by atomic mass is 10.2. The summed E-state index contributed by atoms with van der Waals surface area (Å²) in [5.41, 5.74) is 0. The van der Waals surface area contributed by atoms with Crippen LogP contribution in [0.1, 0.15) is 64.0 Å². The largest absolute Gasteiger partial charge is 0.372 e. The van der Waals surface area contributed by atoms with Crippen molar-refractivity contribution in [2.75, 3.05) is 0 Å². The summed E-state index contributed by atoms with van der Waals surface area (Å²) < 4.78 is 2.57. The minimum Gasteiger partial charge on any atom is -0.243 e. The van der Waals surface area contributed by atoms with Crippen molar-refractivity contribution in [2.24, 2.45) is 0 Å². The monoisotopic (exact) mass is 304 g/mol. The van der Waals surface area contributed by atoms with Crippen LogP contribution in [0.15, 0.2) is 12.7 Å². The van der Waals surface area contributed by atoms with Crippen LogP contribution in [0, 0.1) is 0 Å². The van der Waals surface area contributed by atoms with Gasteiger partial charge in [0.2, 0.25) is 0 Å². The molecule has 0 atom stereocenters. The van der Waals surface area contributed by atoms with E-state index in [0.717, 1.165) is 63.0 Å². The SMILES string of the molecule is CCCCCc1nc(CCCCC)n(C(=O)n2cncn2)n1. The van der Waals surface area contributed by atoms with Gasteiger partial charge in [0.25, 0.3) is 0 Å². The van der Waals surface area contributed by atoms with Crippen molar-refractivity contribution in [3.05, 3.63) is 24.3 Å². The molecule has 7 nitrogen and oxygen atoms in total. The average molecular weight is 304 g/mol. The highest BCUT2D eigenvalue weighted by Gasteiger charge is 2.17. The molecular weight excluding hydrogens is 280 g/mol. The highest BCUT2D eigenvalue weighted by Crippen LogP contribution is 2.09. The molecule has 0 unspecified atom stereocenters. The molecule has 0 aliphatic rings. The normalized spacial score (nSPS) is 11.0. The Kier molecular flexibility index (Phi) is 6.24. The van der Waals surface area contributed by atoms with Gasteiger partial charge in [-0.2, -0.15) is 14.5 Å². The Bertz CT molecular complexity index is 575. The van der Waals surface area contributed by atoms with Gasteiger partial charge in [-0.1, -0.05) is 39.5 Å². The van der Waals surface area contributed by atoms with E-state index in [0.29, 0.717) is 0 Å². The van der Waals surface area contributed by atoms with Crippen molar-refractivity contribution in [3.8, 4) is 0 Å². The third kappa shape index (κ3) is 4.22. The van der Waals surface area contributed by atoms with Crippen molar-refractivity contribution < 1.29 is 4.79 Å². The fourth-order valence-electron chi connectivity index (χ4n) is 2.28. The van der Waals surface area contributed by atoms with Gasteiger partial charge in [-0.05, 0) is 12.8 Å². The van der Waals surface area contributed by atoms with Crippen LogP contribution in [0.3, 0.4) is 0 Å². The van der Waals surface area contributed by atoms with E-state index in [1.165, 1.54) is 22.0 Å². The Morgan fingerprint density at radius 3 is 2.45 bits per heavy atom. The standard InChI is InChI=1S/C15H24N6O/c1-3-5-7-9-13-18-14(10-8-6-4-2)21(19-13)15(22)20-12-16-11-17-20/h11-12H,3-10H2,1-2H3. The van der Waals surface area contributed by atoms with Crippen LogP contribution in [0.25, 0.3) is 0 Å². The Morgan fingerprint density at radius 1 is 1.09 bits per heavy atom. The number of aromatic nitrogens is 6. The Balaban J connectivity index is 2.15. The molecular formula is C15H24N6O. The van der Waals surface area contributed by atoms with Gasteiger partial charge in [0.15, 0.2) is 5.82 Å². The molecule has 2 aromatic rings. The summed E-state index contributed by atoms with van der Waals surface area (Å²) in [4.78, 5) is 20.8. The van der Waals surface area contributed by atoms with Gasteiger partial charge in [-0.25, -0.2) is 14.8 Å². The number of aryl methyl sites for hydroxylation is 2. The number of rotatable bonds is 8. The molecule has 0 fully saturated rings. The maximum atomic E-state index is 12.4. The highest BCUT2D eigenvalue weighted by atomic mass is 16.2. The molecule has 0 radical (unpaired) electrons. The number of hydrogen-bond acceptors (Lipinski definition) is 5. The van der Waals surface area contributed by atoms with Crippen molar-refractivity contribution in [3.63, 3.8) is 0 Å². The van der Waals surface area contributed by atoms with Gasteiger partial charge in [-0.3, -0.25) is 0 Å². The molecule has 0 spiro atoms. The van der Waals surface area contributed by atoms with E-state index in [1.807, 2.05) is 0 Å². The smallest absolute Gasteiger partial charge is 0.243 e. The van der Waals surface area contributed by atoms with Gasteiger partial charge in [0.1, 0.15) is 18.5 Å². The summed E-state index contributed by atoms with van der Waals surface area (Å²) >= 11 is 0. The van der Waals surface area contributed by atoms with Crippen LogP contribution in [0.5, 0.6) is 0 Å². The zero-order chi connectivity index (χ0) is 15.8. The van der Waals surface area contributed by atoms with E-state index < -0.39 is 0 Å². The summed E-state index contributed by atoms with van der Waals surface area (Å²) in [5, 5.41) is 8.27. The quantitative estimate of drug-likeness (QED) is 0.701. The van der Waals surface area contributed by atoms with Gasteiger partial charge < -0.3 is 0 Å². The predicted octanol–water partition coefficient (Wildman–Crippen LogP) is 2.85. The number of hydrogen-bond donors (Lipinski definition) is 0. The first-order valence-corrected chi connectivity index (χ1v) is 8.10. The number of unbranched alkanes of at least 4 members (excludes halogenated alkanes) is 4. The molecule has 2 heterocycles. The van der Waals surface area contributed by atoms with Gasteiger partial charge >= 0.3 is 6.03 Å². The first-order valence-electron chi connectivity index (χ1n) is 8.10. The van der Waals surface area contributed by atoms with Crippen molar-refractivity contribution in [1.29, 1.82) is 0 Å². The molecule has 22 heavy (non-hydrogen) atoms. The zero-order valence-corrected chi connectivity index (χ0v) is 13.4.